The minimum Gasteiger partial charge on any atom is -0.326 e. The van der Waals surface area contributed by atoms with Crippen LogP contribution in [-0.4, -0.2) is 35.4 Å². The van der Waals surface area contributed by atoms with Crippen molar-refractivity contribution in [3.63, 3.8) is 0 Å². The fourth-order valence-corrected chi connectivity index (χ4v) is 3.97. The first-order chi connectivity index (χ1) is 10.9. The number of nitrogens with zero attached hydrogens (tertiary/aromatic N) is 1. The van der Waals surface area contributed by atoms with Crippen LogP contribution in [0.4, 0.5) is 5.69 Å². The largest absolute Gasteiger partial charge is 0.326 e. The Labute approximate surface area is 132 Å². The summed E-state index contributed by atoms with van der Waals surface area (Å²) in [6.45, 7) is 1.73. The summed E-state index contributed by atoms with van der Waals surface area (Å²) in [5, 5.41) is 7.82. The topological polar surface area (TPSA) is 115 Å². The Morgan fingerprint density at radius 2 is 1.91 bits per heavy atom. The Morgan fingerprint density at radius 3 is 2.57 bits per heavy atom. The van der Waals surface area contributed by atoms with Crippen LogP contribution in [0.3, 0.4) is 0 Å². The first-order valence-electron chi connectivity index (χ1n) is 7.04. The Kier molecular flexibility index (Phi) is 3.82. The first kappa shape index (κ1) is 15.5. The molecule has 0 fully saturated rings. The minimum atomic E-state index is -3.69. The number of hydrogen-bond acceptors (Lipinski definition) is 4. The molecule has 0 atom stereocenters. The lowest BCUT2D eigenvalue weighted by Gasteiger charge is -2.25. The quantitative estimate of drug-likeness (QED) is 0.753. The highest BCUT2D eigenvalue weighted by molar-refractivity contribution is 7.89. The van der Waals surface area contributed by atoms with Gasteiger partial charge in [-0.15, -0.1) is 0 Å². The van der Waals surface area contributed by atoms with Crippen LogP contribution in [-0.2, 0) is 27.8 Å². The summed E-state index contributed by atoms with van der Waals surface area (Å²) in [5.74, 6) is -0.226. The van der Waals surface area contributed by atoms with Crippen molar-refractivity contribution in [2.45, 2.75) is 24.8 Å². The predicted molar refractivity (Wildman–Crippen MR) is 83.5 cm³/mol. The molecule has 1 aliphatic rings. The number of H-pyrrole nitrogens is 2. The van der Waals surface area contributed by atoms with Crippen LogP contribution < -0.4 is 10.9 Å². The van der Waals surface area contributed by atoms with E-state index in [4.69, 9.17) is 0 Å². The van der Waals surface area contributed by atoms with Crippen LogP contribution in [0.25, 0.3) is 0 Å². The molecule has 0 unspecified atom stereocenters. The van der Waals surface area contributed by atoms with Gasteiger partial charge in [0.2, 0.25) is 15.9 Å². The van der Waals surface area contributed by atoms with E-state index in [0.717, 1.165) is 5.69 Å². The van der Waals surface area contributed by atoms with Gasteiger partial charge in [-0.1, -0.05) is 0 Å². The molecular weight excluding hydrogens is 320 g/mol. The third kappa shape index (κ3) is 2.92. The van der Waals surface area contributed by atoms with Gasteiger partial charge in [0.25, 0.3) is 5.56 Å². The van der Waals surface area contributed by atoms with Crippen molar-refractivity contribution in [2.24, 2.45) is 0 Å². The summed E-state index contributed by atoms with van der Waals surface area (Å²) < 4.78 is 26.6. The Hall–Kier alpha value is -2.39. The Balaban J connectivity index is 1.86. The van der Waals surface area contributed by atoms with E-state index in [2.05, 4.69) is 15.5 Å². The number of hydrogen-bond donors (Lipinski definition) is 3. The number of nitrogens with one attached hydrogen (secondary N) is 3. The number of sulfonamides is 1. The van der Waals surface area contributed by atoms with E-state index in [-0.39, 0.29) is 22.9 Å². The summed E-state index contributed by atoms with van der Waals surface area (Å²) in [4.78, 5) is 22.8. The summed E-state index contributed by atoms with van der Waals surface area (Å²) in [6, 6.07) is 5.95. The van der Waals surface area contributed by atoms with Gasteiger partial charge < -0.3 is 10.4 Å². The third-order valence-corrected chi connectivity index (χ3v) is 5.58. The van der Waals surface area contributed by atoms with Crippen LogP contribution in [0.2, 0.25) is 0 Å². The zero-order chi connectivity index (χ0) is 16.6. The van der Waals surface area contributed by atoms with E-state index >= 15 is 0 Å². The third-order valence-electron chi connectivity index (χ3n) is 3.72. The molecule has 2 heterocycles. The van der Waals surface area contributed by atoms with E-state index < -0.39 is 10.0 Å². The van der Waals surface area contributed by atoms with Gasteiger partial charge >= 0.3 is 0 Å². The number of anilines is 1. The van der Waals surface area contributed by atoms with E-state index in [1.807, 2.05) is 0 Å². The Morgan fingerprint density at radius 1 is 1.22 bits per heavy atom. The number of fused-ring (bicyclic) bond motifs is 1. The van der Waals surface area contributed by atoms with Crippen molar-refractivity contribution in [1.82, 2.24) is 14.5 Å². The van der Waals surface area contributed by atoms with Crippen LogP contribution in [0.1, 0.15) is 18.2 Å². The highest BCUT2D eigenvalue weighted by Crippen LogP contribution is 2.23. The van der Waals surface area contributed by atoms with Crippen LogP contribution in [0.15, 0.2) is 34.0 Å². The molecule has 8 nitrogen and oxygen atoms in total. The molecule has 0 spiro atoms. The summed E-state index contributed by atoms with van der Waals surface area (Å²) >= 11 is 0. The maximum Gasteiger partial charge on any atom is 0.268 e. The van der Waals surface area contributed by atoms with Gasteiger partial charge in [-0.05, 0) is 24.3 Å². The van der Waals surface area contributed by atoms with Crippen molar-refractivity contribution in [3.05, 3.63) is 45.9 Å². The van der Waals surface area contributed by atoms with Crippen LogP contribution >= 0.6 is 0 Å². The average molecular weight is 336 g/mol. The van der Waals surface area contributed by atoms with Gasteiger partial charge in [-0.2, -0.15) is 4.31 Å². The van der Waals surface area contributed by atoms with Gasteiger partial charge in [0.1, 0.15) is 0 Å². The monoisotopic (exact) mass is 336 g/mol. The molecular formula is C14H16N4O4S. The van der Waals surface area contributed by atoms with E-state index in [9.17, 15) is 18.0 Å². The number of carbonyl (C=O) groups is 1. The van der Waals surface area contributed by atoms with Crippen molar-refractivity contribution in [3.8, 4) is 0 Å². The number of benzene rings is 1. The maximum absolute atomic E-state index is 12.7. The fraction of sp³-hybridized carbons (Fsp3) is 0.286. The summed E-state index contributed by atoms with van der Waals surface area (Å²) in [7, 11) is -3.69. The normalized spacial score (nSPS) is 15.2. The molecule has 0 saturated carbocycles. The molecule has 1 aromatic heterocycles. The SMILES string of the molecule is CC(=O)Nc1ccc(S(=O)(=O)N2CCc3[nH][nH]c(=O)c3C2)cc1. The lowest BCUT2D eigenvalue weighted by atomic mass is 10.1. The van der Waals surface area contributed by atoms with Gasteiger partial charge in [0.05, 0.1) is 10.5 Å². The highest BCUT2D eigenvalue weighted by atomic mass is 32.2. The lowest BCUT2D eigenvalue weighted by Crippen LogP contribution is -2.37. The second-order valence-electron chi connectivity index (χ2n) is 5.33. The van der Waals surface area contributed by atoms with E-state index in [0.29, 0.717) is 24.2 Å². The van der Waals surface area contributed by atoms with Gasteiger partial charge in [0.15, 0.2) is 0 Å². The van der Waals surface area contributed by atoms with Crippen LogP contribution in [0.5, 0.6) is 0 Å². The predicted octanol–water partition coefficient (Wildman–Crippen LogP) is 0.408. The van der Waals surface area contributed by atoms with Crippen LogP contribution in [0, 0.1) is 0 Å². The molecule has 0 saturated heterocycles. The molecule has 3 N–H and O–H groups in total. The minimum absolute atomic E-state index is 0.0456. The average Bonchev–Trinajstić information content (AvgIpc) is 2.88. The molecule has 0 radical (unpaired) electrons. The second-order valence-corrected chi connectivity index (χ2v) is 7.27. The summed E-state index contributed by atoms with van der Waals surface area (Å²) in [6.07, 6.45) is 0.456. The van der Waals surface area contributed by atoms with Crippen molar-refractivity contribution in [1.29, 1.82) is 0 Å². The smallest absolute Gasteiger partial charge is 0.268 e. The fourth-order valence-electron chi connectivity index (χ4n) is 2.56. The molecule has 0 bridgehead atoms. The zero-order valence-electron chi connectivity index (χ0n) is 12.4. The van der Waals surface area contributed by atoms with Crippen molar-refractivity contribution >= 4 is 21.6 Å². The van der Waals surface area contributed by atoms with Gasteiger partial charge in [0, 0.05) is 37.8 Å². The molecule has 1 aromatic carbocycles. The molecule has 122 valence electrons. The lowest BCUT2D eigenvalue weighted by molar-refractivity contribution is -0.114. The number of aromatic nitrogens is 2. The number of aromatic amines is 2. The highest BCUT2D eigenvalue weighted by Gasteiger charge is 2.30. The zero-order valence-corrected chi connectivity index (χ0v) is 13.2. The van der Waals surface area contributed by atoms with Crippen molar-refractivity contribution < 1.29 is 13.2 Å². The molecule has 1 aliphatic heterocycles. The molecule has 1 amide bonds. The second kappa shape index (κ2) is 5.67. The number of rotatable bonds is 3. The molecule has 3 rings (SSSR count). The Bertz CT molecular complexity index is 896. The molecule has 23 heavy (non-hydrogen) atoms. The van der Waals surface area contributed by atoms with Gasteiger partial charge in [-0.3, -0.25) is 14.7 Å². The van der Waals surface area contributed by atoms with Gasteiger partial charge in [-0.25, -0.2) is 8.42 Å². The number of carbonyl (C=O) groups excluding carboxylic acids is 1. The molecule has 2 aromatic rings. The number of amides is 1. The maximum atomic E-state index is 12.7. The summed E-state index contributed by atoms with van der Waals surface area (Å²) in [5.41, 5.74) is 1.44. The van der Waals surface area contributed by atoms with E-state index in [1.165, 1.54) is 35.5 Å². The van der Waals surface area contributed by atoms with E-state index in [1.54, 1.807) is 0 Å². The molecule has 0 aliphatic carbocycles. The standard InChI is InChI=1S/C14H16N4O4S/c1-9(19)15-10-2-4-11(5-3-10)23(21,22)18-7-6-13-12(8-18)14(20)17-16-13/h2-5H,6-8H2,1H3,(H,15,19)(H2,16,17,20). The first-order valence-corrected chi connectivity index (χ1v) is 8.48. The molecule has 9 heteroatoms. The van der Waals surface area contributed by atoms with Crippen molar-refractivity contribution in [2.75, 3.05) is 11.9 Å².